The van der Waals surface area contributed by atoms with Gasteiger partial charge in [-0.25, -0.2) is 4.79 Å². The summed E-state index contributed by atoms with van der Waals surface area (Å²) in [5, 5.41) is 2.14. The number of nitrogens with one attached hydrogen (secondary N) is 1. The summed E-state index contributed by atoms with van der Waals surface area (Å²) in [6.07, 6.45) is -0.257. The Kier molecular flexibility index (Phi) is 3.41. The lowest BCUT2D eigenvalue weighted by Crippen LogP contribution is -2.53. The van der Waals surface area contributed by atoms with Crippen LogP contribution in [-0.4, -0.2) is 29.3 Å². The van der Waals surface area contributed by atoms with Crippen LogP contribution >= 0.6 is 0 Å². The van der Waals surface area contributed by atoms with E-state index in [0.717, 1.165) is 10.5 Å². The molecule has 2 rings (SSSR count). The van der Waals surface area contributed by atoms with Crippen LogP contribution < -0.4 is 5.32 Å². The van der Waals surface area contributed by atoms with Gasteiger partial charge in [-0.15, -0.1) is 0 Å². The van der Waals surface area contributed by atoms with Crippen molar-refractivity contribution >= 4 is 17.8 Å². The predicted molar refractivity (Wildman–Crippen MR) is 64.7 cm³/mol. The first kappa shape index (κ1) is 12.3. The maximum absolute atomic E-state index is 11.6. The molecule has 1 aliphatic rings. The van der Waals surface area contributed by atoms with Crippen molar-refractivity contribution in [3.63, 3.8) is 0 Å². The van der Waals surface area contributed by atoms with E-state index >= 15 is 0 Å². The minimum absolute atomic E-state index is 0.0362. The highest BCUT2D eigenvalue weighted by Crippen LogP contribution is 2.17. The summed E-state index contributed by atoms with van der Waals surface area (Å²) in [4.78, 5) is 35.3. The number of imide groups is 2. The van der Waals surface area contributed by atoms with Gasteiger partial charge >= 0.3 is 6.03 Å². The highest BCUT2D eigenvalue weighted by atomic mass is 16.2. The summed E-state index contributed by atoms with van der Waals surface area (Å²) in [7, 11) is 0. The Balaban J connectivity index is 2.07. The maximum Gasteiger partial charge on any atom is 0.330 e. The van der Waals surface area contributed by atoms with Gasteiger partial charge in [-0.3, -0.25) is 19.8 Å². The average molecular weight is 246 g/mol. The molecule has 0 spiro atoms. The summed E-state index contributed by atoms with van der Waals surface area (Å²) in [6.45, 7) is 2.22. The van der Waals surface area contributed by atoms with E-state index in [-0.39, 0.29) is 18.9 Å². The molecule has 18 heavy (non-hydrogen) atoms. The van der Waals surface area contributed by atoms with Crippen molar-refractivity contribution in [2.45, 2.75) is 19.3 Å². The lowest BCUT2D eigenvalue weighted by molar-refractivity contribution is -0.136. The molecule has 94 valence electrons. The zero-order chi connectivity index (χ0) is 13.1. The average Bonchev–Trinajstić information content (AvgIpc) is 2.34. The van der Waals surface area contributed by atoms with E-state index in [0.29, 0.717) is 0 Å². The minimum Gasteiger partial charge on any atom is -0.277 e. The summed E-state index contributed by atoms with van der Waals surface area (Å²) >= 11 is 0. The number of barbiturate groups is 1. The molecule has 1 aromatic rings. The summed E-state index contributed by atoms with van der Waals surface area (Å²) in [5.74, 6) is -0.936. The van der Waals surface area contributed by atoms with E-state index in [1.165, 1.54) is 0 Å². The molecule has 5 nitrogen and oxygen atoms in total. The van der Waals surface area contributed by atoms with Gasteiger partial charge in [0.1, 0.15) is 6.42 Å². The van der Waals surface area contributed by atoms with Crippen LogP contribution in [0.4, 0.5) is 4.79 Å². The Labute approximate surface area is 105 Å². The molecule has 0 bridgehead atoms. The number of benzene rings is 1. The molecule has 1 atom stereocenters. The molecular weight excluding hydrogens is 232 g/mol. The SMILES string of the molecule is CC(CN1C(=O)CC(=O)NC1=O)c1ccccc1. The first-order chi connectivity index (χ1) is 8.58. The monoisotopic (exact) mass is 246 g/mol. The number of urea groups is 1. The third-order valence-corrected chi connectivity index (χ3v) is 2.93. The third-order valence-electron chi connectivity index (χ3n) is 2.93. The quantitative estimate of drug-likeness (QED) is 0.816. The van der Waals surface area contributed by atoms with Crippen LogP contribution in [0.2, 0.25) is 0 Å². The van der Waals surface area contributed by atoms with Crippen LogP contribution in [-0.2, 0) is 9.59 Å². The van der Waals surface area contributed by atoms with Gasteiger partial charge in [0, 0.05) is 6.54 Å². The second-order valence-electron chi connectivity index (χ2n) is 4.35. The molecule has 0 aromatic heterocycles. The van der Waals surface area contributed by atoms with E-state index in [1.807, 2.05) is 37.3 Å². The van der Waals surface area contributed by atoms with E-state index in [1.54, 1.807) is 0 Å². The number of rotatable bonds is 3. The molecule has 0 saturated carbocycles. The van der Waals surface area contributed by atoms with Gasteiger partial charge in [-0.1, -0.05) is 37.3 Å². The van der Waals surface area contributed by atoms with Crippen LogP contribution in [0.3, 0.4) is 0 Å². The molecule has 0 aliphatic carbocycles. The Bertz CT molecular complexity index is 464. The fraction of sp³-hybridized carbons (Fsp3) is 0.308. The Morgan fingerprint density at radius 2 is 1.89 bits per heavy atom. The number of hydrogen-bond donors (Lipinski definition) is 1. The molecule has 1 aliphatic heterocycles. The van der Waals surface area contributed by atoms with Crippen LogP contribution in [0, 0.1) is 0 Å². The number of nitrogens with zero attached hydrogens (tertiary/aromatic N) is 1. The van der Waals surface area contributed by atoms with Gasteiger partial charge in [0.2, 0.25) is 11.8 Å². The van der Waals surface area contributed by atoms with E-state index in [9.17, 15) is 14.4 Å². The molecular formula is C13H14N2O3. The molecule has 4 amide bonds. The Hall–Kier alpha value is -2.17. The lowest BCUT2D eigenvalue weighted by atomic mass is 10.0. The van der Waals surface area contributed by atoms with E-state index in [4.69, 9.17) is 0 Å². The molecule has 1 unspecified atom stereocenters. The van der Waals surface area contributed by atoms with Gasteiger partial charge in [0.15, 0.2) is 0 Å². The fourth-order valence-electron chi connectivity index (χ4n) is 1.92. The molecule has 1 N–H and O–H groups in total. The number of hydrogen-bond acceptors (Lipinski definition) is 3. The zero-order valence-electron chi connectivity index (χ0n) is 10.1. The molecule has 1 aromatic carbocycles. The predicted octanol–water partition coefficient (Wildman–Crippen LogP) is 1.26. The van der Waals surface area contributed by atoms with Crippen molar-refractivity contribution in [2.24, 2.45) is 0 Å². The highest BCUT2D eigenvalue weighted by Gasteiger charge is 2.31. The minimum atomic E-state index is -0.626. The zero-order valence-corrected chi connectivity index (χ0v) is 10.1. The van der Waals surface area contributed by atoms with Crippen molar-refractivity contribution in [1.82, 2.24) is 10.2 Å². The van der Waals surface area contributed by atoms with E-state index < -0.39 is 17.8 Å². The van der Waals surface area contributed by atoms with Crippen LogP contribution in [0.5, 0.6) is 0 Å². The summed E-state index contributed by atoms with van der Waals surface area (Å²) < 4.78 is 0. The Morgan fingerprint density at radius 3 is 2.50 bits per heavy atom. The smallest absolute Gasteiger partial charge is 0.277 e. The summed E-state index contributed by atoms with van der Waals surface area (Å²) in [6, 6.07) is 9.00. The van der Waals surface area contributed by atoms with E-state index in [2.05, 4.69) is 5.32 Å². The van der Waals surface area contributed by atoms with Crippen molar-refractivity contribution in [1.29, 1.82) is 0 Å². The van der Waals surface area contributed by atoms with Gasteiger partial charge < -0.3 is 0 Å². The number of amides is 4. The van der Waals surface area contributed by atoms with Crippen LogP contribution in [0.1, 0.15) is 24.8 Å². The summed E-state index contributed by atoms with van der Waals surface area (Å²) in [5.41, 5.74) is 1.05. The van der Waals surface area contributed by atoms with Gasteiger partial charge in [-0.05, 0) is 11.5 Å². The van der Waals surface area contributed by atoms with Gasteiger partial charge in [-0.2, -0.15) is 0 Å². The maximum atomic E-state index is 11.6. The van der Waals surface area contributed by atoms with Crippen LogP contribution in [0.15, 0.2) is 30.3 Å². The van der Waals surface area contributed by atoms with Crippen molar-refractivity contribution in [2.75, 3.05) is 6.54 Å². The number of carbonyl (C=O) groups is 3. The standard InChI is InChI=1S/C13H14N2O3/c1-9(10-5-3-2-4-6-10)8-15-12(17)7-11(16)14-13(15)18/h2-6,9H,7-8H2,1H3,(H,14,16,18). The third kappa shape index (κ3) is 2.56. The first-order valence-corrected chi connectivity index (χ1v) is 5.77. The molecule has 5 heteroatoms. The second kappa shape index (κ2) is 5.00. The van der Waals surface area contributed by atoms with Gasteiger partial charge in [0.25, 0.3) is 0 Å². The van der Waals surface area contributed by atoms with Crippen molar-refractivity contribution in [3.05, 3.63) is 35.9 Å². The molecule has 0 radical (unpaired) electrons. The second-order valence-corrected chi connectivity index (χ2v) is 4.35. The normalized spacial score (nSPS) is 17.6. The molecule has 1 fully saturated rings. The molecule has 1 heterocycles. The number of carbonyl (C=O) groups excluding carboxylic acids is 3. The topological polar surface area (TPSA) is 66.5 Å². The largest absolute Gasteiger partial charge is 0.330 e. The first-order valence-electron chi connectivity index (χ1n) is 5.77. The lowest BCUT2D eigenvalue weighted by Gasteiger charge is -2.27. The van der Waals surface area contributed by atoms with Gasteiger partial charge in [0.05, 0.1) is 0 Å². The Morgan fingerprint density at radius 1 is 1.22 bits per heavy atom. The fourth-order valence-corrected chi connectivity index (χ4v) is 1.92. The van der Waals surface area contributed by atoms with Crippen molar-refractivity contribution < 1.29 is 14.4 Å². The van der Waals surface area contributed by atoms with Crippen LogP contribution in [0.25, 0.3) is 0 Å². The molecule has 1 saturated heterocycles. The van der Waals surface area contributed by atoms with Crippen molar-refractivity contribution in [3.8, 4) is 0 Å². The highest BCUT2D eigenvalue weighted by molar-refractivity contribution is 6.14.